The molecule has 0 radical (unpaired) electrons. The highest BCUT2D eigenvalue weighted by Gasteiger charge is 2.28. The summed E-state index contributed by atoms with van der Waals surface area (Å²) in [5.74, 6) is 0. The molecule has 224 valence electrons. The molecule has 2 aromatic heterocycles. The van der Waals surface area contributed by atoms with Crippen LogP contribution in [0.1, 0.15) is 92.7 Å². The first-order valence-corrected chi connectivity index (χ1v) is 15.9. The highest BCUT2D eigenvalue weighted by atomic mass is 16.3. The van der Waals surface area contributed by atoms with Crippen molar-refractivity contribution in [1.29, 1.82) is 0 Å². The number of pyridine rings is 2. The molecule has 7 nitrogen and oxygen atoms in total. The van der Waals surface area contributed by atoms with Crippen LogP contribution in [0.4, 0.5) is 0 Å². The van der Waals surface area contributed by atoms with E-state index >= 15 is 0 Å². The van der Waals surface area contributed by atoms with E-state index in [1.54, 1.807) is 0 Å². The molecule has 2 N–H and O–H groups in total. The van der Waals surface area contributed by atoms with Crippen molar-refractivity contribution in [3.8, 4) is 11.4 Å². The molecule has 0 aliphatic carbocycles. The molecule has 1 amide bonds. The number of nitrogens with zero attached hydrogens (tertiary/aromatic N) is 3. The van der Waals surface area contributed by atoms with Gasteiger partial charge in [-0.1, -0.05) is 38.8 Å². The fraction of sp³-hybridized carbons (Fsp3) is 0.514. The van der Waals surface area contributed by atoms with Crippen LogP contribution in [0.15, 0.2) is 41.7 Å². The van der Waals surface area contributed by atoms with E-state index in [-0.39, 0.29) is 5.56 Å². The van der Waals surface area contributed by atoms with Gasteiger partial charge in [0.05, 0.1) is 29.6 Å². The smallest absolute Gasteiger partial charge is 0.254 e. The number of aliphatic hydroxyl groups is 1. The van der Waals surface area contributed by atoms with E-state index in [0.29, 0.717) is 30.1 Å². The van der Waals surface area contributed by atoms with Crippen LogP contribution in [0, 0.1) is 0 Å². The van der Waals surface area contributed by atoms with E-state index < -0.39 is 6.10 Å². The summed E-state index contributed by atoms with van der Waals surface area (Å²) in [6.45, 7) is 11.6. The lowest BCUT2D eigenvalue weighted by Crippen LogP contribution is -2.40. The minimum absolute atomic E-state index is 0.0262. The Bertz CT molecular complexity index is 1490. The Kier molecular flexibility index (Phi) is 9.91. The molecular weight excluding hydrogens is 524 g/mol. The van der Waals surface area contributed by atoms with E-state index in [1.165, 1.54) is 41.9 Å². The summed E-state index contributed by atoms with van der Waals surface area (Å²) in [5.41, 5.74) is 7.60. The molecule has 3 aromatic rings. The predicted octanol–water partition coefficient (Wildman–Crippen LogP) is 5.47. The number of benzene rings is 1. The van der Waals surface area contributed by atoms with Crippen LogP contribution in [0.25, 0.3) is 22.3 Å². The zero-order valence-corrected chi connectivity index (χ0v) is 25.3. The first-order chi connectivity index (χ1) is 20.5. The molecule has 1 aromatic carbocycles. The summed E-state index contributed by atoms with van der Waals surface area (Å²) in [6.07, 6.45) is 11.8. The van der Waals surface area contributed by atoms with Crippen molar-refractivity contribution < 1.29 is 9.90 Å². The number of aliphatic hydroxyl groups excluding tert-OH is 1. The molecule has 4 heterocycles. The number of hydrogen-bond donors (Lipinski definition) is 2. The van der Waals surface area contributed by atoms with Gasteiger partial charge in [0.1, 0.15) is 0 Å². The lowest BCUT2D eigenvalue weighted by atomic mass is 9.94. The Balaban J connectivity index is 1.41. The third kappa shape index (κ3) is 6.09. The second-order valence-electron chi connectivity index (χ2n) is 11.9. The Morgan fingerprint density at radius 1 is 1.10 bits per heavy atom. The number of fused-ring (bicyclic) bond motifs is 4. The lowest BCUT2D eigenvalue weighted by Gasteiger charge is -2.34. The van der Waals surface area contributed by atoms with Crippen molar-refractivity contribution in [2.75, 3.05) is 19.6 Å². The molecule has 1 saturated heterocycles. The topological polar surface area (TPSA) is 87.5 Å². The van der Waals surface area contributed by atoms with E-state index in [9.17, 15) is 14.7 Å². The van der Waals surface area contributed by atoms with Gasteiger partial charge in [0.2, 0.25) is 6.41 Å². The number of amides is 1. The molecule has 0 spiro atoms. The summed E-state index contributed by atoms with van der Waals surface area (Å²) < 4.78 is 1.85. The van der Waals surface area contributed by atoms with Crippen molar-refractivity contribution in [2.24, 2.45) is 0 Å². The third-order valence-electron chi connectivity index (χ3n) is 9.27. The van der Waals surface area contributed by atoms with Crippen molar-refractivity contribution in [1.82, 2.24) is 19.8 Å². The van der Waals surface area contributed by atoms with Gasteiger partial charge in [0, 0.05) is 29.1 Å². The predicted molar refractivity (Wildman–Crippen MR) is 170 cm³/mol. The Morgan fingerprint density at radius 3 is 2.62 bits per heavy atom. The van der Waals surface area contributed by atoms with E-state index in [2.05, 4.69) is 48.8 Å². The van der Waals surface area contributed by atoms with Crippen LogP contribution in [-0.4, -0.2) is 51.6 Å². The minimum Gasteiger partial charge on any atom is -0.384 e. The normalized spacial score (nSPS) is 16.2. The van der Waals surface area contributed by atoms with Crippen molar-refractivity contribution in [3.63, 3.8) is 0 Å². The SMILES string of the molecule is C=CC(O)c1cc2n(c(=O)c1CCC)Cc1c-2nc2ccc(CCCC(CCNC=O)N3CCCCC3)cc2c1CC. The maximum Gasteiger partial charge on any atom is 0.254 e. The van der Waals surface area contributed by atoms with Gasteiger partial charge in [-0.05, 0) is 99.3 Å². The Hall–Kier alpha value is -3.29. The number of carbonyl (C=O) groups excluding carboxylic acids is 1. The summed E-state index contributed by atoms with van der Waals surface area (Å²) >= 11 is 0. The summed E-state index contributed by atoms with van der Waals surface area (Å²) in [6, 6.07) is 9.11. The second-order valence-corrected chi connectivity index (χ2v) is 11.9. The molecular formula is C35H46N4O3. The van der Waals surface area contributed by atoms with E-state index in [4.69, 9.17) is 4.98 Å². The summed E-state index contributed by atoms with van der Waals surface area (Å²) in [5, 5.41) is 14.7. The van der Waals surface area contributed by atoms with Gasteiger partial charge in [0.15, 0.2) is 0 Å². The number of hydrogen-bond acceptors (Lipinski definition) is 5. The quantitative estimate of drug-likeness (QED) is 0.119. The molecule has 1 fully saturated rings. The van der Waals surface area contributed by atoms with E-state index in [1.807, 2.05) is 10.6 Å². The molecule has 5 rings (SSSR count). The van der Waals surface area contributed by atoms with Gasteiger partial charge in [-0.3, -0.25) is 9.59 Å². The molecule has 2 atom stereocenters. The highest BCUT2D eigenvalue weighted by Crippen LogP contribution is 2.37. The molecule has 2 unspecified atom stereocenters. The van der Waals surface area contributed by atoms with Crippen LogP contribution in [0.3, 0.4) is 0 Å². The molecule has 0 saturated carbocycles. The standard InChI is InChI=1S/C35H46N4O3/c1-4-11-27-29(33(41)6-3)21-32-34-30(22-39(32)35(27)42)26(5-2)28-20-24(14-15-31(28)37-34)12-10-13-25(16-17-36-23-40)38-18-8-7-9-19-38/h6,14-15,20-21,23,25,33,41H,3-5,7-13,16-19,22H2,1-2H3,(H,36,40). The average Bonchev–Trinajstić information content (AvgIpc) is 3.38. The van der Waals surface area contributed by atoms with Gasteiger partial charge in [-0.25, -0.2) is 4.98 Å². The summed E-state index contributed by atoms with van der Waals surface area (Å²) in [4.78, 5) is 32.2. The zero-order valence-electron chi connectivity index (χ0n) is 25.3. The first kappa shape index (κ1) is 30.2. The minimum atomic E-state index is -0.876. The largest absolute Gasteiger partial charge is 0.384 e. The highest BCUT2D eigenvalue weighted by molar-refractivity contribution is 5.88. The fourth-order valence-electron chi connectivity index (χ4n) is 7.11. The molecule has 2 aliphatic rings. The van der Waals surface area contributed by atoms with Crippen LogP contribution in [-0.2, 0) is 30.6 Å². The van der Waals surface area contributed by atoms with Crippen LogP contribution < -0.4 is 10.9 Å². The summed E-state index contributed by atoms with van der Waals surface area (Å²) in [7, 11) is 0. The van der Waals surface area contributed by atoms with Gasteiger partial charge < -0.3 is 19.9 Å². The van der Waals surface area contributed by atoms with Crippen LogP contribution >= 0.6 is 0 Å². The van der Waals surface area contributed by atoms with Crippen molar-refractivity contribution in [3.05, 3.63) is 75.1 Å². The Labute approximate surface area is 249 Å². The number of piperidine rings is 1. The van der Waals surface area contributed by atoms with Crippen molar-refractivity contribution >= 4 is 17.3 Å². The first-order valence-electron chi connectivity index (χ1n) is 15.9. The number of nitrogens with one attached hydrogen (secondary N) is 1. The van der Waals surface area contributed by atoms with Gasteiger partial charge in [-0.15, -0.1) is 6.58 Å². The molecule has 2 aliphatic heterocycles. The number of aromatic nitrogens is 2. The molecule has 0 bridgehead atoms. The number of carbonyl (C=O) groups is 1. The van der Waals surface area contributed by atoms with E-state index in [0.717, 1.165) is 87.0 Å². The number of likely N-dealkylation sites (tertiary alicyclic amines) is 1. The maximum absolute atomic E-state index is 13.6. The van der Waals surface area contributed by atoms with Crippen molar-refractivity contribution in [2.45, 2.75) is 96.7 Å². The van der Waals surface area contributed by atoms with Gasteiger partial charge in [-0.2, -0.15) is 0 Å². The fourth-order valence-corrected chi connectivity index (χ4v) is 7.11. The van der Waals surface area contributed by atoms with Gasteiger partial charge >= 0.3 is 0 Å². The maximum atomic E-state index is 13.6. The lowest BCUT2D eigenvalue weighted by molar-refractivity contribution is -0.109. The second kappa shape index (κ2) is 13.8. The average molecular weight is 571 g/mol. The monoisotopic (exact) mass is 570 g/mol. The molecule has 7 heteroatoms. The number of rotatable bonds is 14. The molecule has 42 heavy (non-hydrogen) atoms. The van der Waals surface area contributed by atoms with Gasteiger partial charge in [0.25, 0.3) is 5.56 Å². The van der Waals surface area contributed by atoms with Crippen LogP contribution in [0.5, 0.6) is 0 Å². The Morgan fingerprint density at radius 2 is 1.90 bits per heavy atom. The van der Waals surface area contributed by atoms with Crippen LogP contribution in [0.2, 0.25) is 0 Å². The number of aryl methyl sites for hydroxylation is 2. The zero-order chi connectivity index (χ0) is 29.6. The third-order valence-corrected chi connectivity index (χ3v) is 9.27.